The first-order chi connectivity index (χ1) is 17.7. The highest BCUT2D eigenvalue weighted by atomic mass is 16.6. The Labute approximate surface area is 227 Å². The lowest BCUT2D eigenvalue weighted by atomic mass is 9.83. The lowest BCUT2D eigenvalue weighted by Crippen LogP contribution is -2.56. The number of hydrogen-bond acceptors (Lipinski definition) is 9. The Morgan fingerprint density at radius 3 is 1.97 bits per heavy atom. The molecule has 0 saturated carbocycles. The van der Waals surface area contributed by atoms with Crippen molar-refractivity contribution in [3.8, 4) is 0 Å². The Hall–Kier alpha value is -2.08. The summed E-state index contributed by atoms with van der Waals surface area (Å²) in [6, 6.07) is -2.36. The predicted molar refractivity (Wildman–Crippen MR) is 145 cm³/mol. The van der Waals surface area contributed by atoms with Gasteiger partial charge >= 0.3 is 11.9 Å². The second-order valence-electron chi connectivity index (χ2n) is 10.6. The number of Topliss-reactive ketones (excluding diaryl/α,β-unsaturated/α-hetero) is 1. The molecular formula is C27H51N3O8. The molecule has 222 valence electrons. The number of ether oxygens (including phenoxy) is 1. The summed E-state index contributed by atoms with van der Waals surface area (Å²) in [6.45, 7) is 8.44. The SMILES string of the molecule is CCCC[C@H](NC)C(=O)OC(CC(=O)[C@H]([C@@H](C)CCCC(C)O)N(C)C(=O)[C@H](C)NC)(CC(C)O)C(=O)O. The summed E-state index contributed by atoms with van der Waals surface area (Å²) in [5.74, 6) is -3.66. The first-order valence-corrected chi connectivity index (χ1v) is 13.6. The number of aliphatic carboxylic acids is 1. The fourth-order valence-corrected chi connectivity index (χ4v) is 4.65. The normalized spacial score (nSPS) is 17.8. The molecule has 0 aromatic carbocycles. The van der Waals surface area contributed by atoms with Crippen LogP contribution >= 0.6 is 0 Å². The zero-order valence-corrected chi connectivity index (χ0v) is 24.5. The third kappa shape index (κ3) is 11.3. The molecular weight excluding hydrogens is 494 g/mol. The van der Waals surface area contributed by atoms with Crippen LogP contribution in [0.2, 0.25) is 0 Å². The lowest BCUT2D eigenvalue weighted by Gasteiger charge is -2.37. The van der Waals surface area contributed by atoms with Gasteiger partial charge < -0.3 is 35.6 Å². The van der Waals surface area contributed by atoms with Gasteiger partial charge in [0.05, 0.1) is 30.7 Å². The van der Waals surface area contributed by atoms with E-state index in [1.165, 1.54) is 18.9 Å². The van der Waals surface area contributed by atoms with Gasteiger partial charge in [0.15, 0.2) is 5.78 Å². The average molecular weight is 546 g/mol. The summed E-state index contributed by atoms with van der Waals surface area (Å²) in [5.41, 5.74) is -2.31. The number of nitrogens with one attached hydrogen (secondary N) is 2. The van der Waals surface area contributed by atoms with Crippen molar-refractivity contribution in [1.82, 2.24) is 15.5 Å². The highest BCUT2D eigenvalue weighted by molar-refractivity contribution is 5.95. The molecule has 1 amide bonds. The van der Waals surface area contributed by atoms with Gasteiger partial charge in [-0.1, -0.05) is 33.1 Å². The van der Waals surface area contributed by atoms with Crippen molar-refractivity contribution >= 4 is 23.6 Å². The van der Waals surface area contributed by atoms with Crippen LogP contribution < -0.4 is 10.6 Å². The summed E-state index contributed by atoms with van der Waals surface area (Å²) < 4.78 is 5.55. The molecule has 0 heterocycles. The summed E-state index contributed by atoms with van der Waals surface area (Å²) in [5, 5.41) is 35.7. The zero-order chi connectivity index (χ0) is 29.6. The maximum absolute atomic E-state index is 13.8. The first kappa shape index (κ1) is 35.9. The minimum absolute atomic E-state index is 0.350. The molecule has 5 N–H and O–H groups in total. The second kappa shape index (κ2) is 17.5. The van der Waals surface area contributed by atoms with Crippen molar-refractivity contribution in [2.45, 2.75) is 122 Å². The van der Waals surface area contributed by atoms with Crippen LogP contribution in [0.3, 0.4) is 0 Å². The van der Waals surface area contributed by atoms with Crippen molar-refractivity contribution in [2.24, 2.45) is 5.92 Å². The molecule has 11 heteroatoms. The maximum atomic E-state index is 13.8. The number of carboxylic acid groups (broad SMARTS) is 1. The minimum atomic E-state index is -2.31. The molecule has 38 heavy (non-hydrogen) atoms. The van der Waals surface area contributed by atoms with Gasteiger partial charge in [-0.3, -0.25) is 14.4 Å². The van der Waals surface area contributed by atoms with Crippen LogP contribution in [0, 0.1) is 5.92 Å². The molecule has 7 atom stereocenters. The van der Waals surface area contributed by atoms with Crippen LogP contribution in [0.1, 0.15) is 86.0 Å². The van der Waals surface area contributed by atoms with E-state index < -0.39 is 66.5 Å². The molecule has 0 aromatic heterocycles. The Morgan fingerprint density at radius 1 is 0.921 bits per heavy atom. The molecule has 0 saturated heterocycles. The van der Waals surface area contributed by atoms with Gasteiger partial charge in [-0.15, -0.1) is 0 Å². The zero-order valence-electron chi connectivity index (χ0n) is 24.5. The van der Waals surface area contributed by atoms with Gasteiger partial charge in [-0.2, -0.15) is 0 Å². The monoisotopic (exact) mass is 545 g/mol. The Kier molecular flexibility index (Phi) is 16.5. The maximum Gasteiger partial charge on any atom is 0.348 e. The van der Waals surface area contributed by atoms with Crippen LogP contribution in [0.15, 0.2) is 0 Å². The number of nitrogens with zero attached hydrogens (tertiary/aromatic N) is 1. The number of likely N-dealkylation sites (N-methyl/N-ethyl adjacent to an activating group) is 3. The van der Waals surface area contributed by atoms with E-state index in [1.54, 1.807) is 34.9 Å². The van der Waals surface area contributed by atoms with Gasteiger partial charge in [0.2, 0.25) is 11.5 Å². The van der Waals surface area contributed by atoms with Crippen LogP contribution in [-0.2, 0) is 23.9 Å². The number of aliphatic hydroxyl groups is 2. The Morgan fingerprint density at radius 2 is 1.53 bits per heavy atom. The molecule has 0 fully saturated rings. The van der Waals surface area contributed by atoms with E-state index in [2.05, 4.69) is 10.6 Å². The van der Waals surface area contributed by atoms with E-state index >= 15 is 0 Å². The number of aliphatic hydroxyl groups excluding tert-OH is 2. The summed E-state index contributed by atoms with van der Waals surface area (Å²) in [7, 11) is 4.68. The smallest absolute Gasteiger partial charge is 0.348 e. The van der Waals surface area contributed by atoms with Crippen LogP contribution in [0.25, 0.3) is 0 Å². The highest BCUT2D eigenvalue weighted by Crippen LogP contribution is 2.29. The average Bonchev–Trinajstić information content (AvgIpc) is 2.82. The number of hydrogen-bond donors (Lipinski definition) is 5. The topological polar surface area (TPSA) is 165 Å². The third-order valence-corrected chi connectivity index (χ3v) is 6.97. The lowest BCUT2D eigenvalue weighted by molar-refractivity contribution is -0.186. The van der Waals surface area contributed by atoms with Gasteiger partial charge in [0.1, 0.15) is 6.04 Å². The number of carbonyl (C=O) groups excluding carboxylic acids is 3. The van der Waals surface area contributed by atoms with Crippen molar-refractivity contribution in [3.63, 3.8) is 0 Å². The number of amides is 1. The predicted octanol–water partition coefficient (Wildman–Crippen LogP) is 1.48. The number of ketones is 1. The van der Waals surface area contributed by atoms with Crippen LogP contribution in [-0.4, -0.2) is 101 Å². The van der Waals surface area contributed by atoms with Crippen LogP contribution in [0.5, 0.6) is 0 Å². The van der Waals surface area contributed by atoms with E-state index in [0.29, 0.717) is 32.1 Å². The molecule has 0 rings (SSSR count). The number of unbranched alkanes of at least 4 members (excludes halogenated alkanes) is 1. The fraction of sp³-hybridized carbons (Fsp3) is 0.852. The molecule has 0 aliphatic carbocycles. The number of carbonyl (C=O) groups is 4. The quantitative estimate of drug-likeness (QED) is 0.141. The van der Waals surface area contributed by atoms with Gasteiger partial charge in [0, 0.05) is 13.5 Å². The molecule has 0 bridgehead atoms. The van der Waals surface area contributed by atoms with E-state index in [-0.39, 0.29) is 11.8 Å². The number of rotatable bonds is 20. The first-order valence-electron chi connectivity index (χ1n) is 13.6. The van der Waals surface area contributed by atoms with Gasteiger partial charge in [-0.05, 0) is 60.0 Å². The molecule has 0 aliphatic heterocycles. The van der Waals surface area contributed by atoms with E-state index in [0.717, 1.165) is 6.42 Å². The van der Waals surface area contributed by atoms with Crippen molar-refractivity contribution in [1.29, 1.82) is 0 Å². The molecule has 0 aliphatic rings. The van der Waals surface area contributed by atoms with Crippen molar-refractivity contribution < 1.29 is 39.2 Å². The molecule has 0 radical (unpaired) electrons. The standard InChI is InChI=1S/C27H51N3O8/c1-9-10-14-21(29-7)25(35)38-27(26(36)37,15-19(4)32)16-22(33)23(17(2)12-11-13-18(3)31)30(8)24(34)20(5)28-6/h17-21,23,28-29,31-32H,9-16H2,1-8H3,(H,36,37)/t17-,18?,19?,20-,21-,23-,27?/m0/s1. The van der Waals surface area contributed by atoms with Gasteiger partial charge in [-0.25, -0.2) is 4.79 Å². The summed E-state index contributed by atoms with van der Waals surface area (Å²) >= 11 is 0. The molecule has 3 unspecified atom stereocenters. The van der Waals surface area contributed by atoms with E-state index in [1.807, 2.05) is 6.92 Å². The molecule has 0 spiro atoms. The van der Waals surface area contributed by atoms with E-state index in [4.69, 9.17) is 4.74 Å². The van der Waals surface area contributed by atoms with Crippen molar-refractivity contribution in [2.75, 3.05) is 21.1 Å². The van der Waals surface area contributed by atoms with E-state index in [9.17, 15) is 34.5 Å². The largest absolute Gasteiger partial charge is 0.478 e. The molecule has 0 aromatic rings. The summed E-state index contributed by atoms with van der Waals surface area (Å²) in [6.07, 6.45) is 0.670. The van der Waals surface area contributed by atoms with Crippen molar-refractivity contribution in [3.05, 3.63) is 0 Å². The number of esters is 1. The second-order valence-corrected chi connectivity index (χ2v) is 10.6. The van der Waals surface area contributed by atoms with Crippen LogP contribution in [0.4, 0.5) is 0 Å². The fourth-order valence-electron chi connectivity index (χ4n) is 4.65. The van der Waals surface area contributed by atoms with Gasteiger partial charge in [0.25, 0.3) is 0 Å². The minimum Gasteiger partial charge on any atom is -0.478 e. The summed E-state index contributed by atoms with van der Waals surface area (Å²) in [4.78, 5) is 53.7. The highest BCUT2D eigenvalue weighted by Gasteiger charge is 2.49. The Balaban J connectivity index is 6.32. The third-order valence-electron chi connectivity index (χ3n) is 6.97. The Bertz CT molecular complexity index is 761. The molecule has 11 nitrogen and oxygen atoms in total. The number of carboxylic acids is 1.